The average Bonchev–Trinajstić information content (AvgIpc) is 3.00. The fourth-order valence-electron chi connectivity index (χ4n) is 2.64. The zero-order valence-electron chi connectivity index (χ0n) is 15.0. The largest absolute Gasteiger partial charge is 0.465 e. The number of carbonyl (C=O) groups is 2. The third-order valence-corrected chi connectivity index (χ3v) is 7.08. The highest BCUT2D eigenvalue weighted by Crippen LogP contribution is 2.40. The van der Waals surface area contributed by atoms with Gasteiger partial charge < -0.3 is 10.1 Å². The number of sulfone groups is 1. The Balaban J connectivity index is 1.94. The Labute approximate surface area is 171 Å². The summed E-state index contributed by atoms with van der Waals surface area (Å²) in [6.07, 6.45) is 0. The monoisotopic (exact) mass is 437 g/mol. The van der Waals surface area contributed by atoms with Gasteiger partial charge in [0.05, 0.1) is 22.7 Å². The highest BCUT2D eigenvalue weighted by molar-refractivity contribution is 7.92. The molecule has 2 aromatic carbocycles. The number of benzene rings is 2. The zero-order chi connectivity index (χ0) is 20.5. The third kappa shape index (κ3) is 4.04. The highest BCUT2D eigenvalue weighted by atomic mass is 35.5. The smallest absolute Gasteiger partial charge is 0.350 e. The summed E-state index contributed by atoms with van der Waals surface area (Å²) in [6.45, 7) is 1.84. The standard InChI is InChI=1S/C19H16ClNO5S2/c1-11-6-8-12(9-7-11)28(24,25)10-15(22)21-17-16-13(20)4-3-5-14(16)27-18(17)19(23)26-2/h3-9H,10H2,1-2H3,(H,21,22). The second kappa shape index (κ2) is 7.90. The van der Waals surface area contributed by atoms with Crippen LogP contribution in [-0.2, 0) is 19.4 Å². The number of halogens is 1. The van der Waals surface area contributed by atoms with Crippen LogP contribution in [0.3, 0.4) is 0 Å². The van der Waals surface area contributed by atoms with Crippen LogP contribution in [0.2, 0.25) is 5.02 Å². The van der Waals surface area contributed by atoms with Gasteiger partial charge in [-0.15, -0.1) is 11.3 Å². The van der Waals surface area contributed by atoms with Crippen LogP contribution in [0.25, 0.3) is 10.1 Å². The van der Waals surface area contributed by atoms with E-state index in [-0.39, 0.29) is 15.5 Å². The summed E-state index contributed by atoms with van der Waals surface area (Å²) in [5.41, 5.74) is 1.06. The number of nitrogens with one attached hydrogen (secondary N) is 1. The number of fused-ring (bicyclic) bond motifs is 1. The molecule has 0 radical (unpaired) electrons. The molecule has 1 N–H and O–H groups in total. The molecule has 9 heteroatoms. The maximum atomic E-state index is 12.5. The van der Waals surface area contributed by atoms with E-state index in [4.69, 9.17) is 16.3 Å². The number of carbonyl (C=O) groups excluding carboxylic acids is 2. The highest BCUT2D eigenvalue weighted by Gasteiger charge is 2.25. The van der Waals surface area contributed by atoms with Crippen molar-refractivity contribution in [2.24, 2.45) is 0 Å². The van der Waals surface area contributed by atoms with E-state index in [0.29, 0.717) is 15.1 Å². The van der Waals surface area contributed by atoms with E-state index in [1.807, 2.05) is 6.92 Å². The molecule has 28 heavy (non-hydrogen) atoms. The second-order valence-electron chi connectivity index (χ2n) is 6.03. The van der Waals surface area contributed by atoms with Gasteiger partial charge in [-0.3, -0.25) is 4.79 Å². The van der Waals surface area contributed by atoms with Crippen molar-refractivity contribution in [2.45, 2.75) is 11.8 Å². The first kappa shape index (κ1) is 20.3. The van der Waals surface area contributed by atoms with Crippen LogP contribution < -0.4 is 5.32 Å². The average molecular weight is 438 g/mol. The summed E-state index contributed by atoms with van der Waals surface area (Å²) < 4.78 is 30.5. The number of esters is 1. The molecule has 146 valence electrons. The van der Waals surface area contributed by atoms with Crippen LogP contribution >= 0.6 is 22.9 Å². The second-order valence-corrected chi connectivity index (χ2v) is 9.48. The molecule has 0 aliphatic heterocycles. The van der Waals surface area contributed by atoms with Gasteiger partial charge >= 0.3 is 5.97 Å². The predicted molar refractivity (Wildman–Crippen MR) is 110 cm³/mol. The van der Waals surface area contributed by atoms with E-state index >= 15 is 0 Å². The lowest BCUT2D eigenvalue weighted by atomic mass is 10.2. The maximum Gasteiger partial charge on any atom is 0.350 e. The molecule has 0 saturated heterocycles. The van der Waals surface area contributed by atoms with Crippen molar-refractivity contribution in [3.05, 3.63) is 57.9 Å². The Morgan fingerprint density at radius 1 is 1.14 bits per heavy atom. The lowest BCUT2D eigenvalue weighted by Gasteiger charge is -2.08. The van der Waals surface area contributed by atoms with Crippen molar-refractivity contribution in [2.75, 3.05) is 18.2 Å². The van der Waals surface area contributed by atoms with Gasteiger partial charge in [0.15, 0.2) is 9.84 Å². The van der Waals surface area contributed by atoms with Gasteiger partial charge in [0.1, 0.15) is 10.6 Å². The van der Waals surface area contributed by atoms with Crippen molar-refractivity contribution in [3.8, 4) is 0 Å². The number of ether oxygens (including phenoxy) is 1. The first-order chi connectivity index (χ1) is 13.2. The molecule has 1 heterocycles. The van der Waals surface area contributed by atoms with Gasteiger partial charge in [-0.05, 0) is 31.2 Å². The fourth-order valence-corrected chi connectivity index (χ4v) is 5.20. The molecule has 0 saturated carbocycles. The van der Waals surface area contributed by atoms with Crippen LogP contribution in [0.1, 0.15) is 15.2 Å². The number of methoxy groups -OCH3 is 1. The van der Waals surface area contributed by atoms with E-state index in [1.54, 1.807) is 30.3 Å². The number of hydrogen-bond acceptors (Lipinski definition) is 6. The van der Waals surface area contributed by atoms with Crippen LogP contribution in [-0.4, -0.2) is 33.2 Å². The molecule has 1 amide bonds. The number of rotatable bonds is 5. The van der Waals surface area contributed by atoms with Crippen molar-refractivity contribution in [1.29, 1.82) is 0 Å². The fraction of sp³-hybridized carbons (Fsp3) is 0.158. The molecule has 0 spiro atoms. The summed E-state index contributed by atoms with van der Waals surface area (Å²) in [5.74, 6) is -2.18. The minimum atomic E-state index is -3.84. The topological polar surface area (TPSA) is 89.5 Å². The minimum Gasteiger partial charge on any atom is -0.465 e. The number of hydrogen-bond donors (Lipinski definition) is 1. The molecule has 3 rings (SSSR count). The number of thiophene rings is 1. The van der Waals surface area contributed by atoms with Gasteiger partial charge in [0.25, 0.3) is 0 Å². The third-order valence-electron chi connectivity index (χ3n) is 4.00. The Hall–Kier alpha value is -2.42. The molecular weight excluding hydrogens is 422 g/mol. The normalized spacial score (nSPS) is 11.4. The van der Waals surface area contributed by atoms with E-state index in [1.165, 1.54) is 19.2 Å². The summed E-state index contributed by atoms with van der Waals surface area (Å²) in [5, 5.41) is 3.34. The van der Waals surface area contributed by atoms with Crippen molar-refractivity contribution < 1.29 is 22.7 Å². The number of aryl methyl sites for hydroxylation is 1. The Bertz CT molecular complexity index is 1170. The van der Waals surface area contributed by atoms with E-state index in [2.05, 4.69) is 5.32 Å². The molecule has 6 nitrogen and oxygen atoms in total. The molecule has 0 aliphatic carbocycles. The molecule has 3 aromatic rings. The minimum absolute atomic E-state index is 0.0506. The summed E-state index contributed by atoms with van der Waals surface area (Å²) in [4.78, 5) is 24.8. The SMILES string of the molecule is COC(=O)c1sc2cccc(Cl)c2c1NC(=O)CS(=O)(=O)c1ccc(C)cc1. The lowest BCUT2D eigenvalue weighted by Crippen LogP contribution is -2.23. The molecule has 0 unspecified atom stereocenters. The van der Waals surface area contributed by atoms with Gasteiger partial charge in [-0.25, -0.2) is 13.2 Å². The van der Waals surface area contributed by atoms with Gasteiger partial charge in [-0.2, -0.15) is 0 Å². The van der Waals surface area contributed by atoms with Crippen molar-refractivity contribution in [1.82, 2.24) is 0 Å². The van der Waals surface area contributed by atoms with Crippen LogP contribution in [0, 0.1) is 6.92 Å². The van der Waals surface area contributed by atoms with Crippen molar-refractivity contribution in [3.63, 3.8) is 0 Å². The summed E-state index contributed by atoms with van der Waals surface area (Å²) >= 11 is 7.34. The Morgan fingerprint density at radius 2 is 1.82 bits per heavy atom. The Kier molecular flexibility index (Phi) is 5.74. The molecule has 0 fully saturated rings. The predicted octanol–water partition coefficient (Wildman–Crippen LogP) is 4.06. The van der Waals surface area contributed by atoms with Gasteiger partial charge in [0.2, 0.25) is 5.91 Å². The van der Waals surface area contributed by atoms with E-state index in [0.717, 1.165) is 16.9 Å². The first-order valence-corrected chi connectivity index (χ1v) is 11.0. The first-order valence-electron chi connectivity index (χ1n) is 8.11. The Morgan fingerprint density at radius 3 is 2.46 bits per heavy atom. The van der Waals surface area contributed by atoms with Gasteiger partial charge in [-0.1, -0.05) is 35.4 Å². The van der Waals surface area contributed by atoms with Crippen LogP contribution in [0.4, 0.5) is 5.69 Å². The van der Waals surface area contributed by atoms with Crippen molar-refractivity contribution >= 4 is 60.4 Å². The maximum absolute atomic E-state index is 12.5. The lowest BCUT2D eigenvalue weighted by molar-refractivity contribution is -0.113. The molecule has 1 aromatic heterocycles. The summed E-state index contributed by atoms with van der Waals surface area (Å²) in [6, 6.07) is 11.3. The van der Waals surface area contributed by atoms with Crippen LogP contribution in [0.15, 0.2) is 47.4 Å². The molecular formula is C19H16ClNO5S2. The number of anilines is 1. The molecule has 0 bridgehead atoms. The van der Waals surface area contributed by atoms with E-state index in [9.17, 15) is 18.0 Å². The number of amides is 1. The molecule has 0 aliphatic rings. The van der Waals surface area contributed by atoms with E-state index < -0.39 is 27.5 Å². The quantitative estimate of drug-likeness (QED) is 0.608. The zero-order valence-corrected chi connectivity index (χ0v) is 17.4. The molecule has 0 atom stereocenters. The summed E-state index contributed by atoms with van der Waals surface area (Å²) in [7, 11) is -2.62. The van der Waals surface area contributed by atoms with Crippen LogP contribution in [0.5, 0.6) is 0 Å². The van der Waals surface area contributed by atoms with Gasteiger partial charge in [0, 0.05) is 10.1 Å².